The number of rotatable bonds is 0. The van der Waals surface area contributed by atoms with Gasteiger partial charge in [-0.1, -0.05) is 0 Å². The van der Waals surface area contributed by atoms with E-state index in [1.807, 2.05) is 0 Å². The van der Waals surface area contributed by atoms with Crippen LogP contribution in [0.1, 0.15) is 0 Å². The van der Waals surface area contributed by atoms with E-state index in [-0.39, 0.29) is 0 Å². The predicted octanol–water partition coefficient (Wildman–Crippen LogP) is 0.555. The second kappa shape index (κ2) is 2.82. The number of hydrogen-bond acceptors (Lipinski definition) is 2. The Morgan fingerprint density at radius 3 is 3.14 bits per heavy atom. The van der Waals surface area contributed by atoms with Gasteiger partial charge in [0.2, 0.25) is 0 Å². The third-order valence-corrected chi connectivity index (χ3v) is 3.34. The molecule has 3 aliphatic rings. The van der Waals surface area contributed by atoms with Crippen molar-refractivity contribution in [1.29, 1.82) is 0 Å². The summed E-state index contributed by atoms with van der Waals surface area (Å²) in [6.45, 7) is 1.02. The van der Waals surface area contributed by atoms with Crippen LogP contribution < -0.4 is 11.1 Å². The van der Waals surface area contributed by atoms with Crippen LogP contribution in [0, 0.1) is 11.8 Å². The quantitative estimate of drug-likeness (QED) is 0.532. The van der Waals surface area contributed by atoms with Crippen molar-refractivity contribution >= 4 is 17.7 Å². The zero-order valence-corrected chi connectivity index (χ0v) is 8.25. The summed E-state index contributed by atoms with van der Waals surface area (Å²) in [4.78, 5) is 0. The summed E-state index contributed by atoms with van der Waals surface area (Å²) in [7, 11) is 0. The van der Waals surface area contributed by atoms with E-state index in [4.69, 9.17) is 5.73 Å². The molecule has 1 aliphatic heterocycles. The first kappa shape index (κ1) is 8.46. The molecular weight excluding hydrogens is 167 g/mol. The summed E-state index contributed by atoms with van der Waals surface area (Å²) in [5.41, 5.74) is 9.57. The third-order valence-electron chi connectivity index (χ3n) is 3.34. The molecular formula is C11H11LiN2. The second-order valence-corrected chi connectivity index (χ2v) is 4.26. The Labute approximate surface area is 92.8 Å². The van der Waals surface area contributed by atoms with E-state index in [0.717, 1.165) is 12.2 Å². The molecule has 2 nitrogen and oxygen atoms in total. The summed E-state index contributed by atoms with van der Waals surface area (Å²) in [6.07, 6.45) is 8.67. The van der Waals surface area contributed by atoms with E-state index in [1.54, 1.807) is 0 Å². The number of nitrogens with two attached hydrogens (primary N) is 1. The van der Waals surface area contributed by atoms with Crippen LogP contribution in [0.5, 0.6) is 0 Å². The maximum absolute atomic E-state index is 5.90. The van der Waals surface area contributed by atoms with Crippen molar-refractivity contribution in [3.05, 3.63) is 45.5 Å². The molecule has 1 fully saturated rings. The minimum atomic E-state index is 0.548. The normalized spacial score (nSPS) is 33.6. The van der Waals surface area contributed by atoms with Gasteiger partial charge in [0, 0.05) is 0 Å². The van der Waals surface area contributed by atoms with Gasteiger partial charge in [0.1, 0.15) is 0 Å². The molecule has 2 unspecified atom stereocenters. The van der Waals surface area contributed by atoms with Crippen molar-refractivity contribution in [2.45, 2.75) is 0 Å². The van der Waals surface area contributed by atoms with E-state index in [9.17, 15) is 0 Å². The van der Waals surface area contributed by atoms with Gasteiger partial charge in [0.15, 0.2) is 0 Å². The molecule has 3 N–H and O–H groups in total. The zero-order valence-electron chi connectivity index (χ0n) is 8.25. The second-order valence-electron chi connectivity index (χ2n) is 4.26. The Hall–Kier alpha value is -0.843. The Morgan fingerprint density at radius 2 is 2.29 bits per heavy atom. The Morgan fingerprint density at radius 1 is 1.43 bits per heavy atom. The van der Waals surface area contributed by atoms with Gasteiger partial charge in [-0.25, -0.2) is 0 Å². The first-order chi connectivity index (χ1) is 6.75. The summed E-state index contributed by atoms with van der Waals surface area (Å²) in [5, 5.41) is 3.45. The molecule has 0 aromatic rings. The van der Waals surface area contributed by atoms with Crippen LogP contribution in [0.25, 0.3) is 0 Å². The Kier molecular flexibility index (Phi) is 1.71. The SMILES string of the molecule is [Li][C]1=CC=C2NCC3C=C(N)C=C1C23. The molecule has 66 valence electrons. The average Bonchev–Trinajstić information content (AvgIpc) is 2.55. The van der Waals surface area contributed by atoms with Gasteiger partial charge in [-0.15, -0.1) is 0 Å². The molecule has 0 aromatic carbocycles. The topological polar surface area (TPSA) is 38.0 Å². The summed E-state index contributed by atoms with van der Waals surface area (Å²) >= 11 is 2.16. The minimum absolute atomic E-state index is 0.548. The van der Waals surface area contributed by atoms with Crippen molar-refractivity contribution in [1.82, 2.24) is 5.32 Å². The monoisotopic (exact) mass is 178 g/mol. The van der Waals surface area contributed by atoms with Crippen LogP contribution in [0.2, 0.25) is 0 Å². The van der Waals surface area contributed by atoms with Gasteiger partial charge in [-0.2, -0.15) is 0 Å². The van der Waals surface area contributed by atoms with E-state index in [1.165, 1.54) is 15.5 Å². The van der Waals surface area contributed by atoms with Crippen molar-refractivity contribution in [2.24, 2.45) is 17.6 Å². The average molecular weight is 178 g/mol. The predicted molar refractivity (Wildman–Crippen MR) is 57.3 cm³/mol. The van der Waals surface area contributed by atoms with Crippen LogP contribution in [0.3, 0.4) is 0 Å². The van der Waals surface area contributed by atoms with E-state index in [2.05, 4.69) is 47.3 Å². The number of hydrogen-bond donors (Lipinski definition) is 2. The fourth-order valence-electron chi connectivity index (χ4n) is 2.64. The molecule has 1 saturated heterocycles. The van der Waals surface area contributed by atoms with Crippen molar-refractivity contribution in [2.75, 3.05) is 6.54 Å². The molecule has 0 spiro atoms. The number of nitrogens with one attached hydrogen (secondary N) is 1. The van der Waals surface area contributed by atoms with Crippen LogP contribution in [0.4, 0.5) is 0 Å². The van der Waals surface area contributed by atoms with Crippen molar-refractivity contribution < 1.29 is 0 Å². The number of allylic oxidation sites excluding steroid dienone is 5. The first-order valence-electron chi connectivity index (χ1n) is 5.07. The summed E-state index contributed by atoms with van der Waals surface area (Å²) in [6, 6.07) is 0. The van der Waals surface area contributed by atoms with Gasteiger partial charge in [0.05, 0.1) is 0 Å². The van der Waals surface area contributed by atoms with Crippen LogP contribution in [-0.4, -0.2) is 24.3 Å². The summed E-state index contributed by atoms with van der Waals surface area (Å²) < 4.78 is 1.35. The van der Waals surface area contributed by atoms with E-state index in [0.29, 0.717) is 11.8 Å². The van der Waals surface area contributed by atoms with Crippen molar-refractivity contribution in [3.8, 4) is 0 Å². The molecule has 0 aromatic heterocycles. The first-order valence-corrected chi connectivity index (χ1v) is 5.07. The van der Waals surface area contributed by atoms with Gasteiger partial charge in [0.25, 0.3) is 0 Å². The third kappa shape index (κ3) is 1.05. The molecule has 14 heavy (non-hydrogen) atoms. The molecule has 3 rings (SSSR count). The van der Waals surface area contributed by atoms with Gasteiger partial charge < -0.3 is 0 Å². The summed E-state index contributed by atoms with van der Waals surface area (Å²) in [5.74, 6) is 1.11. The molecule has 1 heterocycles. The maximum atomic E-state index is 5.90. The van der Waals surface area contributed by atoms with Gasteiger partial charge >= 0.3 is 92.7 Å². The fourth-order valence-corrected chi connectivity index (χ4v) is 2.64. The van der Waals surface area contributed by atoms with Crippen LogP contribution in [-0.2, 0) is 0 Å². The van der Waals surface area contributed by atoms with Crippen LogP contribution in [0.15, 0.2) is 45.5 Å². The van der Waals surface area contributed by atoms with E-state index < -0.39 is 0 Å². The molecule has 2 aliphatic carbocycles. The molecule has 2 atom stereocenters. The van der Waals surface area contributed by atoms with Crippen LogP contribution >= 0.6 is 0 Å². The zero-order chi connectivity index (χ0) is 9.71. The molecule has 3 heteroatoms. The standard InChI is InChI=1S/C11H11N2.Li/c12-9-4-7-2-1-3-10-11(7)8(5-9)6-13-10;/h1,3-5,8,11,13H,6,12H2;. The van der Waals surface area contributed by atoms with Gasteiger partial charge in [-0.3, -0.25) is 0 Å². The van der Waals surface area contributed by atoms with E-state index >= 15 is 0 Å². The van der Waals surface area contributed by atoms with Gasteiger partial charge in [-0.05, 0) is 0 Å². The molecule has 0 saturated carbocycles. The fraction of sp³-hybridized carbons (Fsp3) is 0.273. The molecule has 0 radical (unpaired) electrons. The Balaban J connectivity index is 2.16. The van der Waals surface area contributed by atoms with Crippen molar-refractivity contribution in [3.63, 3.8) is 0 Å². The Bertz CT molecular complexity index is 415. The molecule has 0 amide bonds. The molecule has 0 bridgehead atoms.